The molecule has 0 spiro atoms. The lowest BCUT2D eigenvalue weighted by atomic mass is 9.97. The summed E-state index contributed by atoms with van der Waals surface area (Å²) in [6, 6.07) is 5.25. The molecule has 18 heavy (non-hydrogen) atoms. The molecule has 0 heterocycles. The number of carbonyl (C=O) groups is 1. The molecule has 3 heteroatoms. The first-order chi connectivity index (χ1) is 8.70. The lowest BCUT2D eigenvalue weighted by Crippen LogP contribution is -2.03. The zero-order valence-corrected chi connectivity index (χ0v) is 11.5. The van der Waals surface area contributed by atoms with E-state index in [2.05, 4.69) is 0 Å². The van der Waals surface area contributed by atoms with Crippen molar-refractivity contribution in [2.75, 3.05) is 7.11 Å². The van der Waals surface area contributed by atoms with Gasteiger partial charge in [-0.25, -0.2) is 0 Å². The maximum Gasteiger partial charge on any atom is 0.162 e. The van der Waals surface area contributed by atoms with Crippen LogP contribution in [-0.2, 0) is 0 Å². The maximum atomic E-state index is 12.1. The number of methoxy groups -OCH3 is 1. The monoisotopic (exact) mass is 266 g/mol. The number of ether oxygens (including phenoxy) is 1. The third-order valence-corrected chi connectivity index (χ3v) is 4.02. The minimum atomic E-state index is 0.187. The van der Waals surface area contributed by atoms with Crippen LogP contribution in [0.3, 0.4) is 0 Å². The normalized spacial score (nSPS) is 15.9. The molecule has 0 radical (unpaired) electrons. The first-order valence-corrected chi connectivity index (χ1v) is 6.95. The molecule has 98 valence electrons. The van der Waals surface area contributed by atoms with E-state index in [1.165, 1.54) is 25.7 Å². The molecule has 0 bridgehead atoms. The number of halogens is 1. The molecule has 0 unspecified atom stereocenters. The molecule has 2 nitrogen and oxygen atoms in total. The van der Waals surface area contributed by atoms with Crippen molar-refractivity contribution in [3.8, 4) is 5.75 Å². The fraction of sp³-hybridized carbons (Fsp3) is 0.533. The van der Waals surface area contributed by atoms with Gasteiger partial charge < -0.3 is 4.74 Å². The molecule has 1 aliphatic carbocycles. The van der Waals surface area contributed by atoms with Crippen molar-refractivity contribution in [1.29, 1.82) is 0 Å². The maximum absolute atomic E-state index is 12.1. The molecular formula is C15H19ClO2. The van der Waals surface area contributed by atoms with Crippen LogP contribution in [-0.4, -0.2) is 12.9 Å². The van der Waals surface area contributed by atoms with Gasteiger partial charge in [-0.05, 0) is 30.5 Å². The number of ketones is 1. The van der Waals surface area contributed by atoms with E-state index in [1.807, 2.05) is 0 Å². The van der Waals surface area contributed by atoms with Crippen LogP contribution in [0.5, 0.6) is 5.75 Å². The third-order valence-electron chi connectivity index (χ3n) is 3.73. The molecule has 0 aliphatic heterocycles. The summed E-state index contributed by atoms with van der Waals surface area (Å²) in [5.74, 6) is 1.55. The van der Waals surface area contributed by atoms with E-state index in [1.54, 1.807) is 25.3 Å². The minimum absolute atomic E-state index is 0.187. The molecule has 1 fully saturated rings. The Morgan fingerprint density at radius 3 is 2.72 bits per heavy atom. The van der Waals surface area contributed by atoms with Crippen molar-refractivity contribution in [3.63, 3.8) is 0 Å². The molecule has 0 amide bonds. The molecule has 0 saturated heterocycles. The summed E-state index contributed by atoms with van der Waals surface area (Å²) < 4.78 is 5.08. The number of hydrogen-bond acceptors (Lipinski definition) is 2. The van der Waals surface area contributed by atoms with Gasteiger partial charge in [0.05, 0.1) is 12.1 Å². The first kappa shape index (κ1) is 13.4. The van der Waals surface area contributed by atoms with Gasteiger partial charge in [0.2, 0.25) is 0 Å². The Balaban J connectivity index is 1.93. The van der Waals surface area contributed by atoms with Crippen molar-refractivity contribution >= 4 is 17.4 Å². The highest BCUT2D eigenvalue weighted by Crippen LogP contribution is 2.30. The van der Waals surface area contributed by atoms with Crippen molar-refractivity contribution in [3.05, 3.63) is 28.8 Å². The quantitative estimate of drug-likeness (QED) is 0.734. The highest BCUT2D eigenvalue weighted by molar-refractivity contribution is 6.32. The lowest BCUT2D eigenvalue weighted by molar-refractivity contribution is 0.0974. The van der Waals surface area contributed by atoms with Gasteiger partial charge in [-0.1, -0.05) is 37.3 Å². The van der Waals surface area contributed by atoms with E-state index in [9.17, 15) is 4.79 Å². The van der Waals surface area contributed by atoms with Crippen LogP contribution in [0, 0.1) is 5.92 Å². The van der Waals surface area contributed by atoms with E-state index in [0.717, 1.165) is 12.3 Å². The van der Waals surface area contributed by atoms with Crippen LogP contribution in [0.2, 0.25) is 5.02 Å². The van der Waals surface area contributed by atoms with Crippen molar-refractivity contribution in [2.24, 2.45) is 5.92 Å². The van der Waals surface area contributed by atoms with Crippen LogP contribution >= 0.6 is 11.6 Å². The number of rotatable bonds is 5. The number of carbonyl (C=O) groups excluding carboxylic acids is 1. The second kappa shape index (κ2) is 6.24. The van der Waals surface area contributed by atoms with Crippen LogP contribution < -0.4 is 4.74 Å². The predicted molar refractivity (Wildman–Crippen MR) is 73.5 cm³/mol. The second-order valence-corrected chi connectivity index (χ2v) is 5.37. The summed E-state index contributed by atoms with van der Waals surface area (Å²) in [5.41, 5.74) is 0.693. The highest BCUT2D eigenvalue weighted by atomic mass is 35.5. The summed E-state index contributed by atoms with van der Waals surface area (Å²) in [6.07, 6.45) is 6.88. The summed E-state index contributed by atoms with van der Waals surface area (Å²) in [6.45, 7) is 0. The average Bonchev–Trinajstić information content (AvgIpc) is 2.89. The van der Waals surface area contributed by atoms with E-state index in [0.29, 0.717) is 22.8 Å². The topological polar surface area (TPSA) is 26.3 Å². The fourth-order valence-corrected chi connectivity index (χ4v) is 2.88. The summed E-state index contributed by atoms with van der Waals surface area (Å²) in [5, 5.41) is 0.504. The SMILES string of the molecule is COc1ccc(C(=O)CCC2CCCC2)cc1Cl. The number of hydrogen-bond donors (Lipinski definition) is 0. The Labute approximate surface area is 113 Å². The van der Waals surface area contributed by atoms with Crippen molar-refractivity contribution in [2.45, 2.75) is 38.5 Å². The van der Waals surface area contributed by atoms with Gasteiger partial charge in [0.15, 0.2) is 5.78 Å². The first-order valence-electron chi connectivity index (χ1n) is 6.57. The standard InChI is InChI=1S/C15H19ClO2/c1-18-15-9-7-12(10-13(15)16)14(17)8-6-11-4-2-3-5-11/h7,9-11H,2-6,8H2,1H3. The number of Topliss-reactive ketones (excluding diaryl/α,β-unsaturated/α-hetero) is 1. The van der Waals surface area contributed by atoms with Crippen LogP contribution in [0.1, 0.15) is 48.9 Å². The molecule has 1 aromatic carbocycles. The highest BCUT2D eigenvalue weighted by Gasteiger charge is 2.17. The molecule has 0 atom stereocenters. The van der Waals surface area contributed by atoms with Gasteiger partial charge in [0, 0.05) is 12.0 Å². The molecule has 1 saturated carbocycles. The summed E-state index contributed by atoms with van der Waals surface area (Å²) >= 11 is 6.02. The van der Waals surface area contributed by atoms with Crippen molar-refractivity contribution in [1.82, 2.24) is 0 Å². The van der Waals surface area contributed by atoms with E-state index in [4.69, 9.17) is 16.3 Å². The van der Waals surface area contributed by atoms with Crippen LogP contribution in [0.4, 0.5) is 0 Å². The van der Waals surface area contributed by atoms with E-state index in [-0.39, 0.29) is 5.78 Å². The Kier molecular flexibility index (Phi) is 4.65. The fourth-order valence-electron chi connectivity index (χ4n) is 2.62. The third kappa shape index (κ3) is 3.26. The average molecular weight is 267 g/mol. The smallest absolute Gasteiger partial charge is 0.162 e. The predicted octanol–water partition coefficient (Wildman–Crippen LogP) is 4.50. The van der Waals surface area contributed by atoms with Crippen LogP contribution in [0.25, 0.3) is 0 Å². The van der Waals surface area contributed by atoms with E-state index < -0.39 is 0 Å². The largest absolute Gasteiger partial charge is 0.495 e. The van der Waals surface area contributed by atoms with Crippen LogP contribution in [0.15, 0.2) is 18.2 Å². The molecule has 1 aromatic rings. The Bertz CT molecular complexity index is 423. The van der Waals surface area contributed by atoms with Gasteiger partial charge in [-0.3, -0.25) is 4.79 Å². The Morgan fingerprint density at radius 2 is 2.11 bits per heavy atom. The molecule has 0 N–H and O–H groups in total. The van der Waals surface area contributed by atoms with E-state index >= 15 is 0 Å². The molecule has 0 aromatic heterocycles. The Hall–Kier alpha value is -1.02. The molecule has 1 aliphatic rings. The summed E-state index contributed by atoms with van der Waals surface area (Å²) in [7, 11) is 1.57. The molecular weight excluding hydrogens is 248 g/mol. The zero-order chi connectivity index (χ0) is 13.0. The summed E-state index contributed by atoms with van der Waals surface area (Å²) in [4.78, 5) is 12.1. The number of benzene rings is 1. The second-order valence-electron chi connectivity index (χ2n) is 4.96. The minimum Gasteiger partial charge on any atom is -0.495 e. The van der Waals surface area contributed by atoms with Gasteiger partial charge in [0.1, 0.15) is 5.75 Å². The van der Waals surface area contributed by atoms with Gasteiger partial charge in [-0.15, -0.1) is 0 Å². The van der Waals surface area contributed by atoms with Gasteiger partial charge >= 0.3 is 0 Å². The Morgan fingerprint density at radius 1 is 1.39 bits per heavy atom. The van der Waals surface area contributed by atoms with Gasteiger partial charge in [-0.2, -0.15) is 0 Å². The van der Waals surface area contributed by atoms with Crippen molar-refractivity contribution < 1.29 is 9.53 Å². The lowest BCUT2D eigenvalue weighted by Gasteiger charge is -2.09. The van der Waals surface area contributed by atoms with Gasteiger partial charge in [0.25, 0.3) is 0 Å². The molecule has 2 rings (SSSR count). The zero-order valence-electron chi connectivity index (χ0n) is 10.7.